The van der Waals surface area contributed by atoms with Crippen LogP contribution in [0.15, 0.2) is 42.9 Å². The van der Waals surface area contributed by atoms with Crippen LogP contribution in [0.1, 0.15) is 11.1 Å². The lowest BCUT2D eigenvalue weighted by Gasteiger charge is -2.14. The molecule has 2 aromatic heterocycles. The summed E-state index contributed by atoms with van der Waals surface area (Å²) in [5.74, 6) is -0.0978. The van der Waals surface area contributed by atoms with Crippen LogP contribution in [-0.4, -0.2) is 15.0 Å². The number of benzene rings is 1. The van der Waals surface area contributed by atoms with Crippen molar-refractivity contribution in [2.24, 2.45) is 0 Å². The molecule has 0 unspecified atom stereocenters. The molecule has 30 heavy (non-hydrogen) atoms. The first-order valence-electron chi connectivity index (χ1n) is 7.99. The van der Waals surface area contributed by atoms with Gasteiger partial charge in [0.05, 0.1) is 16.1 Å². The van der Waals surface area contributed by atoms with Crippen LogP contribution in [0.25, 0.3) is 0 Å². The fourth-order valence-electron chi connectivity index (χ4n) is 2.27. The molecule has 4 N–H and O–H groups in total. The number of anilines is 5. The van der Waals surface area contributed by atoms with E-state index in [-0.39, 0.29) is 33.9 Å². The van der Waals surface area contributed by atoms with Crippen LogP contribution < -0.4 is 16.4 Å². The Morgan fingerprint density at radius 2 is 1.33 bits per heavy atom. The van der Waals surface area contributed by atoms with Crippen LogP contribution in [0, 0.1) is 0 Å². The number of halogens is 7. The number of nitrogens with two attached hydrogens (primary N) is 1. The van der Waals surface area contributed by atoms with Crippen molar-refractivity contribution in [1.82, 2.24) is 15.0 Å². The van der Waals surface area contributed by atoms with Gasteiger partial charge in [0.15, 0.2) is 11.6 Å². The van der Waals surface area contributed by atoms with Crippen LogP contribution in [-0.2, 0) is 12.4 Å². The molecule has 3 rings (SSSR count). The third kappa shape index (κ3) is 4.82. The summed E-state index contributed by atoms with van der Waals surface area (Å²) in [6.45, 7) is 0. The average Bonchev–Trinajstić information content (AvgIpc) is 2.65. The highest BCUT2D eigenvalue weighted by Gasteiger charge is 2.32. The van der Waals surface area contributed by atoms with E-state index in [9.17, 15) is 26.3 Å². The minimum atomic E-state index is -4.61. The average molecular weight is 449 g/mol. The van der Waals surface area contributed by atoms with Gasteiger partial charge in [-0.1, -0.05) is 11.6 Å². The van der Waals surface area contributed by atoms with Crippen LogP contribution >= 0.6 is 11.6 Å². The lowest BCUT2D eigenvalue weighted by Crippen LogP contribution is -2.09. The summed E-state index contributed by atoms with van der Waals surface area (Å²) >= 11 is 5.84. The van der Waals surface area contributed by atoms with E-state index in [1.54, 1.807) is 0 Å². The zero-order valence-electron chi connectivity index (χ0n) is 14.6. The summed E-state index contributed by atoms with van der Waals surface area (Å²) in [5, 5.41) is 5.01. The molecule has 0 aliphatic heterocycles. The highest BCUT2D eigenvalue weighted by molar-refractivity contribution is 6.33. The third-order valence-corrected chi connectivity index (χ3v) is 4.05. The van der Waals surface area contributed by atoms with Crippen molar-refractivity contribution in [3.8, 4) is 0 Å². The third-order valence-electron chi connectivity index (χ3n) is 3.76. The number of aromatic nitrogens is 3. The zero-order chi connectivity index (χ0) is 22.1. The molecule has 0 amide bonds. The van der Waals surface area contributed by atoms with Crippen LogP contribution in [0.5, 0.6) is 0 Å². The molecule has 3 aromatic rings. The monoisotopic (exact) mass is 448 g/mol. The molecule has 0 aliphatic rings. The molecule has 2 heterocycles. The first-order valence-corrected chi connectivity index (χ1v) is 8.37. The normalized spacial score (nSPS) is 12.0. The Hall–Kier alpha value is -3.28. The Morgan fingerprint density at radius 1 is 0.767 bits per heavy atom. The molecule has 0 spiro atoms. The van der Waals surface area contributed by atoms with Gasteiger partial charge >= 0.3 is 12.4 Å². The molecule has 0 radical (unpaired) electrons. The molecular formula is C17H11ClF6N6. The predicted molar refractivity (Wildman–Crippen MR) is 98.7 cm³/mol. The van der Waals surface area contributed by atoms with E-state index in [1.807, 2.05) is 0 Å². The number of hydrogen-bond acceptors (Lipinski definition) is 6. The largest absolute Gasteiger partial charge is 0.417 e. The van der Waals surface area contributed by atoms with Gasteiger partial charge < -0.3 is 16.4 Å². The van der Waals surface area contributed by atoms with Gasteiger partial charge in [0.1, 0.15) is 17.8 Å². The topological polar surface area (TPSA) is 88.8 Å². The molecule has 0 saturated carbocycles. The van der Waals surface area contributed by atoms with Crippen molar-refractivity contribution in [3.05, 3.63) is 59.0 Å². The predicted octanol–water partition coefficient (Wildman–Crippen LogP) is 5.63. The van der Waals surface area contributed by atoms with Crippen LogP contribution in [0.3, 0.4) is 0 Å². The first-order chi connectivity index (χ1) is 13.9. The fourth-order valence-corrected chi connectivity index (χ4v) is 2.48. The minimum absolute atomic E-state index is 0.0198. The van der Waals surface area contributed by atoms with Gasteiger partial charge in [-0.25, -0.2) is 15.0 Å². The lowest BCUT2D eigenvalue weighted by molar-refractivity contribution is -0.138. The van der Waals surface area contributed by atoms with Crippen molar-refractivity contribution in [2.75, 3.05) is 16.4 Å². The van der Waals surface area contributed by atoms with Crippen LogP contribution in [0.2, 0.25) is 5.02 Å². The van der Waals surface area contributed by atoms with Gasteiger partial charge in [0, 0.05) is 11.9 Å². The van der Waals surface area contributed by atoms with Crippen molar-refractivity contribution >= 4 is 40.4 Å². The lowest BCUT2D eigenvalue weighted by atomic mass is 10.2. The Balaban J connectivity index is 1.82. The minimum Gasteiger partial charge on any atom is -0.393 e. The van der Waals surface area contributed by atoms with Gasteiger partial charge in [-0.2, -0.15) is 26.3 Å². The number of pyridine rings is 1. The molecule has 0 bridgehead atoms. The van der Waals surface area contributed by atoms with E-state index in [1.165, 1.54) is 12.1 Å². The molecule has 0 saturated heterocycles. The first kappa shape index (κ1) is 21.4. The molecule has 0 fully saturated rings. The second kappa shape index (κ2) is 7.86. The van der Waals surface area contributed by atoms with Crippen molar-refractivity contribution in [3.63, 3.8) is 0 Å². The zero-order valence-corrected chi connectivity index (χ0v) is 15.4. The number of hydrogen-bond donors (Lipinski definition) is 3. The molecule has 0 aliphatic carbocycles. The van der Waals surface area contributed by atoms with Crippen molar-refractivity contribution in [2.45, 2.75) is 12.4 Å². The Morgan fingerprint density at radius 3 is 1.87 bits per heavy atom. The van der Waals surface area contributed by atoms with E-state index in [2.05, 4.69) is 25.6 Å². The van der Waals surface area contributed by atoms with E-state index >= 15 is 0 Å². The molecule has 6 nitrogen and oxygen atoms in total. The van der Waals surface area contributed by atoms with Crippen molar-refractivity contribution < 1.29 is 26.3 Å². The van der Waals surface area contributed by atoms with Gasteiger partial charge in [-0.05, 0) is 30.3 Å². The maximum Gasteiger partial charge on any atom is 0.417 e. The standard InChI is InChI=1S/C17H11ClF6N6/c18-11-5-9(17(22,23)24)6-26-13(11)30-15-12(25)14(27-7-28-15)29-10-3-1-8(2-4-10)16(19,20)21/h1-7H,25H2,(H2,26,27,28,29,30). The summed E-state index contributed by atoms with van der Waals surface area (Å²) in [6, 6.07) is 4.82. The molecular weight excluding hydrogens is 438 g/mol. The number of nitrogens with zero attached hydrogens (tertiary/aromatic N) is 3. The van der Waals surface area contributed by atoms with Crippen LogP contribution in [0.4, 0.5) is 55.2 Å². The van der Waals surface area contributed by atoms with Gasteiger partial charge in [-0.3, -0.25) is 0 Å². The summed E-state index contributed by atoms with van der Waals surface area (Å²) in [4.78, 5) is 11.4. The Labute approximate surface area is 170 Å². The molecule has 1 aromatic carbocycles. The quantitative estimate of drug-likeness (QED) is 0.448. The second-order valence-electron chi connectivity index (χ2n) is 5.86. The van der Waals surface area contributed by atoms with Gasteiger partial charge in [-0.15, -0.1) is 0 Å². The number of alkyl halides is 6. The molecule has 13 heteroatoms. The van der Waals surface area contributed by atoms with E-state index in [0.29, 0.717) is 12.3 Å². The Kier molecular flexibility index (Phi) is 5.61. The van der Waals surface area contributed by atoms with Crippen molar-refractivity contribution in [1.29, 1.82) is 0 Å². The SMILES string of the molecule is Nc1c(Nc2ccc(C(F)(F)F)cc2)ncnc1Nc1ncc(C(F)(F)F)cc1Cl. The highest BCUT2D eigenvalue weighted by Crippen LogP contribution is 2.35. The van der Waals surface area contributed by atoms with Gasteiger partial charge in [0.25, 0.3) is 0 Å². The van der Waals surface area contributed by atoms with E-state index in [0.717, 1.165) is 18.5 Å². The number of rotatable bonds is 4. The maximum absolute atomic E-state index is 12.7. The smallest absolute Gasteiger partial charge is 0.393 e. The Bertz CT molecular complexity index is 1050. The number of nitrogens with one attached hydrogen (secondary N) is 2. The van der Waals surface area contributed by atoms with E-state index < -0.39 is 23.5 Å². The fraction of sp³-hybridized carbons (Fsp3) is 0.118. The van der Waals surface area contributed by atoms with E-state index in [4.69, 9.17) is 17.3 Å². The summed E-state index contributed by atoms with van der Waals surface area (Å²) < 4.78 is 76.1. The summed E-state index contributed by atoms with van der Waals surface area (Å²) in [7, 11) is 0. The van der Waals surface area contributed by atoms with Gasteiger partial charge in [0.2, 0.25) is 0 Å². The molecule has 0 atom stereocenters. The summed E-state index contributed by atoms with van der Waals surface area (Å²) in [5.41, 5.74) is 4.30. The number of nitrogen functional groups attached to an aromatic ring is 1. The highest BCUT2D eigenvalue weighted by atomic mass is 35.5. The molecule has 158 valence electrons. The summed E-state index contributed by atoms with van der Waals surface area (Å²) in [6.07, 6.45) is -7.41. The second-order valence-corrected chi connectivity index (χ2v) is 6.27. The maximum atomic E-state index is 12.7.